The van der Waals surface area contributed by atoms with Gasteiger partial charge in [0.05, 0.1) is 11.0 Å². The van der Waals surface area contributed by atoms with Crippen LogP contribution in [0.4, 0.5) is 11.4 Å². The van der Waals surface area contributed by atoms with E-state index in [1.54, 1.807) is 6.07 Å². The molecular weight excluding hydrogens is 212 g/mol. The van der Waals surface area contributed by atoms with Crippen molar-refractivity contribution in [3.8, 4) is 11.5 Å². The van der Waals surface area contributed by atoms with Gasteiger partial charge < -0.3 is 14.8 Å². The lowest BCUT2D eigenvalue weighted by Gasteiger charge is -2.06. The molecule has 0 amide bonds. The minimum Gasteiger partial charge on any atom is -0.454 e. The Hall–Kier alpha value is -1.98. The van der Waals surface area contributed by atoms with Crippen LogP contribution in [-0.4, -0.2) is 18.3 Å². The lowest BCUT2D eigenvalue weighted by Crippen LogP contribution is -2.03. The number of rotatable bonds is 4. The summed E-state index contributed by atoms with van der Waals surface area (Å²) in [4.78, 5) is 10.4. The minimum absolute atomic E-state index is 0.0118. The molecule has 0 aliphatic carbocycles. The fraction of sp³-hybridized carbons (Fsp3) is 0.400. The van der Waals surface area contributed by atoms with E-state index < -0.39 is 4.92 Å². The van der Waals surface area contributed by atoms with Crippen molar-refractivity contribution in [2.24, 2.45) is 0 Å². The molecule has 0 bridgehead atoms. The van der Waals surface area contributed by atoms with E-state index in [0.29, 0.717) is 23.7 Å². The highest BCUT2D eigenvalue weighted by Crippen LogP contribution is 2.40. The van der Waals surface area contributed by atoms with Gasteiger partial charge in [0.15, 0.2) is 11.5 Å². The quantitative estimate of drug-likeness (QED) is 0.626. The Balaban J connectivity index is 2.36. The van der Waals surface area contributed by atoms with Crippen LogP contribution in [0.2, 0.25) is 0 Å². The molecule has 1 aliphatic heterocycles. The zero-order valence-electron chi connectivity index (χ0n) is 8.86. The van der Waals surface area contributed by atoms with E-state index in [4.69, 9.17) is 9.47 Å². The average Bonchev–Trinajstić information content (AvgIpc) is 2.71. The smallest absolute Gasteiger partial charge is 0.296 e. The number of nitrogens with zero attached hydrogens (tertiary/aromatic N) is 1. The first kappa shape index (κ1) is 10.5. The van der Waals surface area contributed by atoms with E-state index in [2.05, 4.69) is 5.32 Å². The van der Waals surface area contributed by atoms with Crippen molar-refractivity contribution in [3.05, 3.63) is 22.2 Å². The number of anilines is 1. The lowest BCUT2D eigenvalue weighted by molar-refractivity contribution is -0.384. The summed E-state index contributed by atoms with van der Waals surface area (Å²) < 4.78 is 10.3. The Labute approximate surface area is 92.3 Å². The third-order valence-corrected chi connectivity index (χ3v) is 2.25. The molecule has 86 valence electrons. The molecule has 6 nitrogen and oxygen atoms in total. The number of ether oxygens (including phenoxy) is 2. The first-order valence-electron chi connectivity index (χ1n) is 5.04. The lowest BCUT2D eigenvalue weighted by atomic mass is 10.2. The van der Waals surface area contributed by atoms with E-state index in [0.717, 1.165) is 6.42 Å². The molecule has 0 aromatic heterocycles. The molecule has 0 fully saturated rings. The van der Waals surface area contributed by atoms with Gasteiger partial charge in [-0.15, -0.1) is 0 Å². The molecule has 0 saturated heterocycles. The third kappa shape index (κ3) is 1.86. The average molecular weight is 224 g/mol. The fourth-order valence-electron chi connectivity index (χ4n) is 1.48. The maximum absolute atomic E-state index is 10.9. The van der Waals surface area contributed by atoms with Crippen LogP contribution in [0.25, 0.3) is 0 Å². The predicted octanol–water partition coefficient (Wildman–Crippen LogP) is 2.15. The van der Waals surface area contributed by atoms with E-state index in [1.165, 1.54) is 6.07 Å². The highest BCUT2D eigenvalue weighted by molar-refractivity contribution is 5.68. The molecule has 1 N–H and O–H groups in total. The van der Waals surface area contributed by atoms with Crippen molar-refractivity contribution in [1.29, 1.82) is 0 Å². The van der Waals surface area contributed by atoms with Gasteiger partial charge in [0, 0.05) is 12.6 Å². The van der Waals surface area contributed by atoms with Gasteiger partial charge in [-0.25, -0.2) is 0 Å². The second-order valence-electron chi connectivity index (χ2n) is 3.41. The van der Waals surface area contributed by atoms with Gasteiger partial charge in [0.1, 0.15) is 5.69 Å². The molecule has 6 heteroatoms. The van der Waals surface area contributed by atoms with E-state index in [9.17, 15) is 10.1 Å². The molecule has 1 aromatic carbocycles. The van der Waals surface area contributed by atoms with Crippen LogP contribution in [-0.2, 0) is 0 Å². The van der Waals surface area contributed by atoms with Crippen molar-refractivity contribution in [2.45, 2.75) is 13.3 Å². The Kier molecular flexibility index (Phi) is 2.80. The Bertz CT molecular complexity index is 420. The number of fused-ring (bicyclic) bond motifs is 1. The van der Waals surface area contributed by atoms with Gasteiger partial charge in [-0.05, 0) is 6.42 Å². The van der Waals surface area contributed by atoms with Crippen molar-refractivity contribution in [3.63, 3.8) is 0 Å². The molecule has 0 saturated carbocycles. The summed E-state index contributed by atoms with van der Waals surface area (Å²) in [5, 5.41) is 13.9. The van der Waals surface area contributed by atoms with E-state index in [-0.39, 0.29) is 12.5 Å². The van der Waals surface area contributed by atoms with E-state index in [1.807, 2.05) is 6.92 Å². The summed E-state index contributed by atoms with van der Waals surface area (Å²) in [5.74, 6) is 0.970. The molecular formula is C10H12N2O4. The minimum atomic E-state index is -0.431. The topological polar surface area (TPSA) is 73.6 Å². The normalized spacial score (nSPS) is 12.6. The molecule has 2 rings (SSSR count). The molecule has 1 heterocycles. The summed E-state index contributed by atoms with van der Waals surface area (Å²) in [7, 11) is 0. The van der Waals surface area contributed by atoms with Gasteiger partial charge in [-0.1, -0.05) is 6.92 Å². The van der Waals surface area contributed by atoms with Crippen molar-refractivity contribution in [1.82, 2.24) is 0 Å². The number of nitro benzene ring substituents is 1. The summed E-state index contributed by atoms with van der Waals surface area (Å²) in [6.07, 6.45) is 0.894. The standard InChI is InChI=1S/C10H12N2O4/c1-2-3-11-7-4-9-10(16-6-15-9)5-8(7)12(13)14/h4-5,11H,2-3,6H2,1H3. The summed E-state index contributed by atoms with van der Waals surface area (Å²) in [6, 6.07) is 3.00. The maximum atomic E-state index is 10.9. The number of benzene rings is 1. The van der Waals surface area contributed by atoms with Crippen LogP contribution >= 0.6 is 0 Å². The molecule has 0 atom stereocenters. The predicted molar refractivity (Wildman–Crippen MR) is 58.0 cm³/mol. The second kappa shape index (κ2) is 4.26. The van der Waals surface area contributed by atoms with Crippen LogP contribution in [0.3, 0.4) is 0 Å². The van der Waals surface area contributed by atoms with Gasteiger partial charge in [-0.2, -0.15) is 0 Å². The van der Waals surface area contributed by atoms with Gasteiger partial charge in [-0.3, -0.25) is 10.1 Å². The molecule has 0 radical (unpaired) electrons. The monoisotopic (exact) mass is 224 g/mol. The fourth-order valence-corrected chi connectivity index (χ4v) is 1.48. The Morgan fingerprint density at radius 2 is 2.12 bits per heavy atom. The SMILES string of the molecule is CCCNc1cc2c(cc1[N+](=O)[O-])OCO2. The van der Waals surface area contributed by atoms with Gasteiger partial charge in [0.2, 0.25) is 6.79 Å². The largest absolute Gasteiger partial charge is 0.454 e. The van der Waals surface area contributed by atoms with Crippen LogP contribution in [0.5, 0.6) is 11.5 Å². The first-order valence-corrected chi connectivity index (χ1v) is 5.04. The van der Waals surface area contributed by atoms with Crippen molar-refractivity contribution >= 4 is 11.4 Å². The van der Waals surface area contributed by atoms with Crippen LogP contribution in [0, 0.1) is 10.1 Å². The molecule has 0 spiro atoms. The first-order chi connectivity index (χ1) is 7.72. The Morgan fingerprint density at radius 1 is 1.44 bits per heavy atom. The van der Waals surface area contributed by atoms with Gasteiger partial charge >= 0.3 is 0 Å². The zero-order chi connectivity index (χ0) is 11.5. The molecule has 1 aliphatic rings. The highest BCUT2D eigenvalue weighted by Gasteiger charge is 2.22. The zero-order valence-corrected chi connectivity index (χ0v) is 8.86. The molecule has 0 unspecified atom stereocenters. The number of hydrogen-bond donors (Lipinski definition) is 1. The summed E-state index contributed by atoms with van der Waals surface area (Å²) in [5.41, 5.74) is 0.480. The van der Waals surface area contributed by atoms with E-state index >= 15 is 0 Å². The van der Waals surface area contributed by atoms with Crippen LogP contribution < -0.4 is 14.8 Å². The third-order valence-electron chi connectivity index (χ3n) is 2.25. The maximum Gasteiger partial charge on any atom is 0.296 e. The van der Waals surface area contributed by atoms with Crippen LogP contribution in [0.15, 0.2) is 12.1 Å². The summed E-state index contributed by atoms with van der Waals surface area (Å²) >= 11 is 0. The summed E-state index contributed by atoms with van der Waals surface area (Å²) in [6.45, 7) is 2.79. The molecule has 16 heavy (non-hydrogen) atoms. The van der Waals surface area contributed by atoms with Crippen molar-refractivity contribution < 1.29 is 14.4 Å². The number of nitro groups is 1. The van der Waals surface area contributed by atoms with Gasteiger partial charge in [0.25, 0.3) is 5.69 Å². The second-order valence-corrected chi connectivity index (χ2v) is 3.41. The van der Waals surface area contributed by atoms with Crippen LogP contribution in [0.1, 0.15) is 13.3 Å². The Morgan fingerprint density at radius 3 is 2.75 bits per heavy atom. The highest BCUT2D eigenvalue weighted by atomic mass is 16.7. The number of hydrogen-bond acceptors (Lipinski definition) is 5. The number of nitrogens with one attached hydrogen (secondary N) is 1. The molecule has 1 aromatic rings. The van der Waals surface area contributed by atoms with Crippen molar-refractivity contribution in [2.75, 3.05) is 18.7 Å².